The van der Waals surface area contributed by atoms with Gasteiger partial charge in [0.1, 0.15) is 5.82 Å². The molecule has 0 radical (unpaired) electrons. The summed E-state index contributed by atoms with van der Waals surface area (Å²) in [5, 5.41) is 16.1. The Morgan fingerprint density at radius 1 is 1.53 bits per heavy atom. The molecule has 0 spiro atoms. The molecule has 0 unspecified atom stereocenters. The molecule has 0 atom stereocenters. The second kappa shape index (κ2) is 5.71. The summed E-state index contributed by atoms with van der Waals surface area (Å²) in [7, 11) is 1.94. The van der Waals surface area contributed by atoms with E-state index in [1.165, 1.54) is 5.56 Å². The third kappa shape index (κ3) is 2.85. The minimum atomic E-state index is 0.0813. The van der Waals surface area contributed by atoms with E-state index in [9.17, 15) is 0 Å². The molecule has 6 heteroatoms. The molecule has 100 valence electrons. The molecule has 0 bridgehead atoms. The van der Waals surface area contributed by atoms with Gasteiger partial charge in [-0.3, -0.25) is 0 Å². The fraction of sp³-hybridized carbons (Fsp3) is 0.231. The number of rotatable bonds is 4. The summed E-state index contributed by atoms with van der Waals surface area (Å²) >= 11 is 1.66. The quantitative estimate of drug-likeness (QED) is 0.388. The maximum Gasteiger partial charge on any atom is 0.174 e. The van der Waals surface area contributed by atoms with Crippen LogP contribution in [0.4, 0.5) is 5.82 Å². The SMILES string of the molecule is Cc1ccnc(N(C)Cc2ccsc2)c1/C(N)=N/O. The van der Waals surface area contributed by atoms with Crippen molar-refractivity contribution in [3.05, 3.63) is 45.8 Å². The van der Waals surface area contributed by atoms with Crippen LogP contribution < -0.4 is 10.6 Å². The van der Waals surface area contributed by atoms with Crippen molar-refractivity contribution in [3.8, 4) is 0 Å². The van der Waals surface area contributed by atoms with E-state index in [1.807, 2.05) is 30.3 Å². The molecular formula is C13H16N4OS. The van der Waals surface area contributed by atoms with Crippen molar-refractivity contribution < 1.29 is 5.21 Å². The van der Waals surface area contributed by atoms with Gasteiger partial charge in [0.15, 0.2) is 5.84 Å². The van der Waals surface area contributed by atoms with Gasteiger partial charge >= 0.3 is 0 Å². The normalized spacial score (nSPS) is 11.6. The van der Waals surface area contributed by atoms with Gasteiger partial charge in [-0.25, -0.2) is 4.98 Å². The summed E-state index contributed by atoms with van der Waals surface area (Å²) in [5.74, 6) is 0.791. The average molecular weight is 276 g/mol. The first-order chi connectivity index (χ1) is 9.13. The number of aromatic nitrogens is 1. The number of pyridine rings is 1. The average Bonchev–Trinajstić information content (AvgIpc) is 2.90. The maximum absolute atomic E-state index is 8.89. The van der Waals surface area contributed by atoms with Gasteiger partial charge in [-0.1, -0.05) is 5.16 Å². The number of thiophene rings is 1. The number of oxime groups is 1. The van der Waals surface area contributed by atoms with Gasteiger partial charge in [0.2, 0.25) is 0 Å². The standard InChI is InChI=1S/C13H16N4OS/c1-9-3-5-15-13(11(9)12(14)16-18)17(2)7-10-4-6-19-8-10/h3-6,8,18H,7H2,1-2H3,(H2,14,16). The molecule has 0 aromatic carbocycles. The monoisotopic (exact) mass is 276 g/mol. The van der Waals surface area contributed by atoms with Crippen LogP contribution in [0.5, 0.6) is 0 Å². The molecule has 0 saturated carbocycles. The smallest absolute Gasteiger partial charge is 0.174 e. The fourth-order valence-electron chi connectivity index (χ4n) is 1.93. The van der Waals surface area contributed by atoms with Gasteiger partial charge in [-0.2, -0.15) is 11.3 Å². The molecule has 2 aromatic heterocycles. The van der Waals surface area contributed by atoms with E-state index in [4.69, 9.17) is 10.9 Å². The Bertz CT molecular complexity index is 580. The molecule has 0 aliphatic rings. The first-order valence-electron chi connectivity index (χ1n) is 5.79. The second-order valence-corrected chi connectivity index (χ2v) is 5.08. The number of nitrogens with zero attached hydrogens (tertiary/aromatic N) is 3. The number of hydrogen-bond acceptors (Lipinski definition) is 5. The Morgan fingerprint density at radius 3 is 2.95 bits per heavy atom. The zero-order valence-corrected chi connectivity index (χ0v) is 11.7. The first-order valence-corrected chi connectivity index (χ1v) is 6.73. The Kier molecular flexibility index (Phi) is 4.01. The highest BCUT2D eigenvalue weighted by molar-refractivity contribution is 7.07. The predicted octanol–water partition coefficient (Wildman–Crippen LogP) is 2.18. The molecule has 19 heavy (non-hydrogen) atoms. The maximum atomic E-state index is 8.89. The number of hydrogen-bond donors (Lipinski definition) is 2. The summed E-state index contributed by atoms with van der Waals surface area (Å²) in [4.78, 5) is 6.33. The molecule has 0 amide bonds. The van der Waals surface area contributed by atoms with E-state index in [1.54, 1.807) is 17.5 Å². The highest BCUT2D eigenvalue weighted by Gasteiger charge is 2.15. The van der Waals surface area contributed by atoms with Gasteiger partial charge in [-0.15, -0.1) is 0 Å². The van der Waals surface area contributed by atoms with Crippen molar-refractivity contribution in [1.82, 2.24) is 4.98 Å². The summed E-state index contributed by atoms with van der Waals surface area (Å²) in [6, 6.07) is 3.91. The molecule has 0 saturated heterocycles. The molecule has 0 fully saturated rings. The van der Waals surface area contributed by atoms with Crippen LogP contribution in [0, 0.1) is 6.92 Å². The van der Waals surface area contributed by atoms with Gasteiger partial charge in [0, 0.05) is 19.8 Å². The van der Waals surface area contributed by atoms with E-state index < -0.39 is 0 Å². The minimum absolute atomic E-state index is 0.0813. The van der Waals surface area contributed by atoms with Crippen molar-refractivity contribution in [2.75, 3.05) is 11.9 Å². The summed E-state index contributed by atoms with van der Waals surface area (Å²) in [6.07, 6.45) is 1.73. The molecule has 2 heterocycles. The Hall–Kier alpha value is -2.08. The van der Waals surface area contributed by atoms with Crippen LogP contribution in [0.3, 0.4) is 0 Å². The molecule has 5 nitrogen and oxygen atoms in total. The minimum Gasteiger partial charge on any atom is -0.409 e. The van der Waals surface area contributed by atoms with Crippen molar-refractivity contribution in [2.24, 2.45) is 10.9 Å². The van der Waals surface area contributed by atoms with Gasteiger partial charge in [-0.05, 0) is 40.9 Å². The molecule has 2 aromatic rings. The van der Waals surface area contributed by atoms with Crippen LogP contribution in [-0.2, 0) is 6.54 Å². The molecule has 2 rings (SSSR count). The Labute approximate surface area is 116 Å². The van der Waals surface area contributed by atoms with Crippen molar-refractivity contribution >= 4 is 23.0 Å². The lowest BCUT2D eigenvalue weighted by molar-refractivity contribution is 0.318. The third-order valence-electron chi connectivity index (χ3n) is 2.86. The topological polar surface area (TPSA) is 74.7 Å². The highest BCUT2D eigenvalue weighted by atomic mass is 32.1. The first kappa shape index (κ1) is 13.4. The largest absolute Gasteiger partial charge is 0.409 e. The number of anilines is 1. The van der Waals surface area contributed by atoms with E-state index in [-0.39, 0.29) is 5.84 Å². The Morgan fingerprint density at radius 2 is 2.32 bits per heavy atom. The molecule has 3 N–H and O–H groups in total. The third-order valence-corrected chi connectivity index (χ3v) is 3.60. The number of aryl methyl sites for hydroxylation is 1. The van der Waals surface area contributed by atoms with E-state index in [2.05, 4.69) is 21.6 Å². The Balaban J connectivity index is 2.36. The van der Waals surface area contributed by atoms with Gasteiger partial charge in [0.05, 0.1) is 5.56 Å². The second-order valence-electron chi connectivity index (χ2n) is 4.30. The summed E-state index contributed by atoms with van der Waals surface area (Å²) < 4.78 is 0. The van der Waals surface area contributed by atoms with Crippen LogP contribution in [0.2, 0.25) is 0 Å². The fourth-order valence-corrected chi connectivity index (χ4v) is 2.59. The van der Waals surface area contributed by atoms with Crippen LogP contribution in [0.1, 0.15) is 16.7 Å². The van der Waals surface area contributed by atoms with Crippen LogP contribution in [0.15, 0.2) is 34.2 Å². The highest BCUT2D eigenvalue weighted by Crippen LogP contribution is 2.21. The lowest BCUT2D eigenvalue weighted by atomic mass is 10.1. The van der Waals surface area contributed by atoms with Crippen LogP contribution in [-0.4, -0.2) is 23.1 Å². The van der Waals surface area contributed by atoms with Crippen molar-refractivity contribution in [1.29, 1.82) is 0 Å². The zero-order valence-electron chi connectivity index (χ0n) is 10.9. The lowest BCUT2D eigenvalue weighted by Gasteiger charge is -2.21. The molecule has 0 aliphatic carbocycles. The number of amidine groups is 1. The van der Waals surface area contributed by atoms with E-state index >= 15 is 0 Å². The van der Waals surface area contributed by atoms with E-state index in [0.29, 0.717) is 11.4 Å². The molecule has 0 aliphatic heterocycles. The van der Waals surface area contributed by atoms with Crippen molar-refractivity contribution in [2.45, 2.75) is 13.5 Å². The predicted molar refractivity (Wildman–Crippen MR) is 77.9 cm³/mol. The van der Waals surface area contributed by atoms with E-state index in [0.717, 1.165) is 12.1 Å². The van der Waals surface area contributed by atoms with Gasteiger partial charge in [0.25, 0.3) is 0 Å². The molecular weight excluding hydrogens is 260 g/mol. The zero-order chi connectivity index (χ0) is 13.8. The number of nitrogens with two attached hydrogens (primary N) is 1. The van der Waals surface area contributed by atoms with Crippen molar-refractivity contribution in [3.63, 3.8) is 0 Å². The summed E-state index contributed by atoms with van der Waals surface area (Å²) in [6.45, 7) is 2.64. The lowest BCUT2D eigenvalue weighted by Crippen LogP contribution is -2.24. The van der Waals surface area contributed by atoms with Crippen LogP contribution in [0.25, 0.3) is 0 Å². The van der Waals surface area contributed by atoms with Crippen LogP contribution >= 0.6 is 11.3 Å². The van der Waals surface area contributed by atoms with Gasteiger partial charge < -0.3 is 15.8 Å². The summed E-state index contributed by atoms with van der Waals surface area (Å²) in [5.41, 5.74) is 8.55.